The standard InChI is InChI=1S/C27H51N9O7/c1-13(2)12-16(28)22(38)33-17(8-7-11-32-27(30)31)23(39)35-21(15(5)6)25(41)36-20(14(3)4)24(40)34-18(26(42)43)9-10-19(29)37/h13-18,20-21H,7-12,28H2,1-6H3,(H2,29,37)(H,33,38)(H,34,40)(H,35,39)(H,36,41)(H,42,43)(H4,30,31,32)/t16-,17-,18-,20-,21-/m0/s1. The van der Waals surface area contributed by atoms with Crippen LogP contribution >= 0.6 is 0 Å². The van der Waals surface area contributed by atoms with Crippen LogP contribution in [-0.4, -0.2) is 83.3 Å². The lowest BCUT2D eigenvalue weighted by Crippen LogP contribution is -2.60. The molecule has 0 radical (unpaired) electrons. The Kier molecular flexibility index (Phi) is 17.5. The van der Waals surface area contributed by atoms with Crippen molar-refractivity contribution >= 4 is 41.5 Å². The first-order chi connectivity index (χ1) is 19.9. The number of hydrogen-bond acceptors (Lipinski definition) is 8. The summed E-state index contributed by atoms with van der Waals surface area (Å²) >= 11 is 0. The predicted molar refractivity (Wildman–Crippen MR) is 161 cm³/mol. The second-order valence-corrected chi connectivity index (χ2v) is 11.6. The molecule has 246 valence electrons. The molecule has 0 heterocycles. The van der Waals surface area contributed by atoms with E-state index in [0.717, 1.165) is 0 Å². The lowest BCUT2D eigenvalue weighted by atomic mass is 9.98. The molecule has 0 saturated heterocycles. The first-order valence-electron chi connectivity index (χ1n) is 14.4. The van der Waals surface area contributed by atoms with Crippen molar-refractivity contribution in [1.82, 2.24) is 21.3 Å². The monoisotopic (exact) mass is 613 g/mol. The molecular formula is C27H51N9O7. The molecule has 43 heavy (non-hydrogen) atoms. The molecule has 16 heteroatoms. The number of primary amides is 1. The normalized spacial score (nSPS) is 14.7. The van der Waals surface area contributed by atoms with Crippen molar-refractivity contribution in [3.8, 4) is 0 Å². The summed E-state index contributed by atoms with van der Waals surface area (Å²) in [4.78, 5) is 79.0. The van der Waals surface area contributed by atoms with E-state index in [1.165, 1.54) is 0 Å². The van der Waals surface area contributed by atoms with Crippen molar-refractivity contribution in [3.63, 3.8) is 0 Å². The van der Waals surface area contributed by atoms with E-state index in [1.807, 2.05) is 13.8 Å². The number of rotatable bonds is 20. The summed E-state index contributed by atoms with van der Waals surface area (Å²) < 4.78 is 0. The highest BCUT2D eigenvalue weighted by Gasteiger charge is 2.34. The minimum Gasteiger partial charge on any atom is -0.480 e. The molecule has 0 aromatic heterocycles. The molecule has 0 saturated carbocycles. The van der Waals surface area contributed by atoms with E-state index in [0.29, 0.717) is 12.8 Å². The van der Waals surface area contributed by atoms with Gasteiger partial charge in [-0.15, -0.1) is 0 Å². The fourth-order valence-corrected chi connectivity index (χ4v) is 4.04. The summed E-state index contributed by atoms with van der Waals surface area (Å²) in [6, 6.07) is -5.58. The van der Waals surface area contributed by atoms with E-state index in [1.54, 1.807) is 27.7 Å². The third kappa shape index (κ3) is 15.7. The molecule has 0 aromatic rings. The number of carboxylic acid groups (broad SMARTS) is 1. The number of carbonyl (C=O) groups excluding carboxylic acids is 5. The molecule has 13 N–H and O–H groups in total. The second kappa shape index (κ2) is 19.3. The van der Waals surface area contributed by atoms with Gasteiger partial charge in [0.05, 0.1) is 6.04 Å². The highest BCUT2D eigenvalue weighted by atomic mass is 16.4. The summed E-state index contributed by atoms with van der Waals surface area (Å²) in [6.07, 6.45) is 0.397. The summed E-state index contributed by atoms with van der Waals surface area (Å²) in [6.45, 7) is 10.7. The van der Waals surface area contributed by atoms with Gasteiger partial charge < -0.3 is 49.3 Å². The third-order valence-corrected chi connectivity index (χ3v) is 6.43. The maximum absolute atomic E-state index is 13.4. The highest BCUT2D eigenvalue weighted by Crippen LogP contribution is 2.10. The van der Waals surface area contributed by atoms with Gasteiger partial charge in [-0.05, 0) is 43.4 Å². The number of carbonyl (C=O) groups is 6. The van der Waals surface area contributed by atoms with E-state index in [4.69, 9.17) is 22.9 Å². The van der Waals surface area contributed by atoms with E-state index in [9.17, 15) is 33.9 Å². The Bertz CT molecular complexity index is 997. The number of amides is 5. The van der Waals surface area contributed by atoms with Crippen LogP contribution in [0, 0.1) is 17.8 Å². The van der Waals surface area contributed by atoms with E-state index in [2.05, 4.69) is 26.3 Å². The van der Waals surface area contributed by atoms with Crippen LogP contribution in [0.3, 0.4) is 0 Å². The van der Waals surface area contributed by atoms with Crippen molar-refractivity contribution in [2.45, 2.75) is 104 Å². The van der Waals surface area contributed by atoms with Crippen LogP contribution in [0.15, 0.2) is 4.99 Å². The van der Waals surface area contributed by atoms with Gasteiger partial charge in [0, 0.05) is 13.0 Å². The molecule has 0 spiro atoms. The number of guanidine groups is 1. The van der Waals surface area contributed by atoms with Crippen molar-refractivity contribution in [1.29, 1.82) is 0 Å². The molecular weight excluding hydrogens is 562 g/mol. The topological polar surface area (TPSA) is 287 Å². The molecule has 0 rings (SSSR count). The van der Waals surface area contributed by atoms with Crippen molar-refractivity contribution < 1.29 is 33.9 Å². The average Bonchev–Trinajstić information content (AvgIpc) is 2.87. The zero-order valence-corrected chi connectivity index (χ0v) is 26.0. The van der Waals surface area contributed by atoms with Gasteiger partial charge in [0.2, 0.25) is 29.5 Å². The number of hydrogen-bond donors (Lipinski definition) is 9. The SMILES string of the molecule is CC(C)C[C@H](N)C(=O)N[C@@H](CCCN=C(N)N)C(=O)N[C@H](C(=O)N[C@H](C(=O)N[C@@H](CCC(N)=O)C(=O)O)C(C)C)C(C)C. The fraction of sp³-hybridized carbons (Fsp3) is 0.741. The minimum atomic E-state index is -1.40. The molecule has 16 nitrogen and oxygen atoms in total. The minimum absolute atomic E-state index is 0.119. The number of nitrogens with two attached hydrogens (primary N) is 4. The van der Waals surface area contributed by atoms with E-state index >= 15 is 0 Å². The van der Waals surface area contributed by atoms with Crippen LogP contribution < -0.4 is 44.2 Å². The lowest BCUT2D eigenvalue weighted by molar-refractivity contribution is -0.143. The molecule has 0 aromatic carbocycles. The second-order valence-electron chi connectivity index (χ2n) is 11.6. The van der Waals surface area contributed by atoms with Gasteiger partial charge in [-0.1, -0.05) is 41.5 Å². The molecule has 0 aliphatic rings. The summed E-state index contributed by atoms with van der Waals surface area (Å²) in [5.41, 5.74) is 21.8. The smallest absolute Gasteiger partial charge is 0.326 e. The molecule has 0 fully saturated rings. The van der Waals surface area contributed by atoms with Gasteiger partial charge in [0.1, 0.15) is 24.2 Å². The van der Waals surface area contributed by atoms with Crippen LogP contribution in [0.1, 0.15) is 73.6 Å². The Morgan fingerprint density at radius 3 is 1.63 bits per heavy atom. The van der Waals surface area contributed by atoms with Crippen molar-refractivity contribution in [2.75, 3.05) is 6.54 Å². The van der Waals surface area contributed by atoms with Gasteiger partial charge in [-0.2, -0.15) is 0 Å². The zero-order chi connectivity index (χ0) is 33.4. The number of carboxylic acids is 1. The Labute approximate surface area is 252 Å². The molecule has 5 atom stereocenters. The Hall–Kier alpha value is -3.95. The number of aliphatic carboxylic acids is 1. The Morgan fingerprint density at radius 2 is 1.19 bits per heavy atom. The van der Waals surface area contributed by atoms with Crippen LogP contribution in [-0.2, 0) is 28.8 Å². The number of nitrogens with one attached hydrogen (secondary N) is 4. The van der Waals surface area contributed by atoms with Gasteiger partial charge in [-0.25, -0.2) is 4.79 Å². The first-order valence-corrected chi connectivity index (χ1v) is 14.4. The van der Waals surface area contributed by atoms with Crippen LogP contribution in [0.2, 0.25) is 0 Å². The summed E-state index contributed by atoms with van der Waals surface area (Å²) in [5.74, 6) is -5.62. The number of nitrogens with zero attached hydrogens (tertiary/aromatic N) is 1. The largest absolute Gasteiger partial charge is 0.480 e. The Balaban J connectivity index is 5.79. The third-order valence-electron chi connectivity index (χ3n) is 6.43. The van der Waals surface area contributed by atoms with Crippen LogP contribution in [0.4, 0.5) is 0 Å². The molecule has 0 aliphatic carbocycles. The molecule has 0 bridgehead atoms. The van der Waals surface area contributed by atoms with Gasteiger partial charge in [0.25, 0.3) is 0 Å². The van der Waals surface area contributed by atoms with Crippen molar-refractivity contribution in [3.05, 3.63) is 0 Å². The first kappa shape index (κ1) is 39.0. The predicted octanol–water partition coefficient (Wildman–Crippen LogP) is -1.99. The van der Waals surface area contributed by atoms with E-state index in [-0.39, 0.29) is 37.7 Å². The zero-order valence-electron chi connectivity index (χ0n) is 26.0. The molecule has 0 aliphatic heterocycles. The number of aliphatic imine (C=N–C) groups is 1. The maximum Gasteiger partial charge on any atom is 0.326 e. The molecule has 5 amide bonds. The fourth-order valence-electron chi connectivity index (χ4n) is 4.04. The van der Waals surface area contributed by atoms with Gasteiger partial charge in [-0.3, -0.25) is 29.0 Å². The lowest BCUT2D eigenvalue weighted by Gasteiger charge is -2.29. The van der Waals surface area contributed by atoms with E-state index < -0.39 is 77.6 Å². The quantitative estimate of drug-likeness (QED) is 0.0414. The maximum atomic E-state index is 13.4. The summed E-state index contributed by atoms with van der Waals surface area (Å²) in [5, 5.41) is 19.7. The van der Waals surface area contributed by atoms with Gasteiger partial charge >= 0.3 is 5.97 Å². The van der Waals surface area contributed by atoms with Crippen LogP contribution in [0.25, 0.3) is 0 Å². The Morgan fingerprint density at radius 1 is 0.698 bits per heavy atom. The highest BCUT2D eigenvalue weighted by molar-refractivity contribution is 5.95. The van der Waals surface area contributed by atoms with Gasteiger partial charge in [0.15, 0.2) is 5.96 Å². The molecule has 0 unspecified atom stereocenters. The summed E-state index contributed by atoms with van der Waals surface area (Å²) in [7, 11) is 0. The van der Waals surface area contributed by atoms with Crippen molar-refractivity contribution in [2.24, 2.45) is 45.7 Å². The van der Waals surface area contributed by atoms with Crippen LogP contribution in [0.5, 0.6) is 0 Å². The average molecular weight is 614 g/mol.